The number of guanidine groups is 1. The van der Waals surface area contributed by atoms with Crippen LogP contribution in [0.3, 0.4) is 0 Å². The van der Waals surface area contributed by atoms with Crippen molar-refractivity contribution in [1.82, 2.24) is 25.3 Å². The molecule has 2 heterocycles. The maximum Gasteiger partial charge on any atom is 0.225 e. The highest BCUT2D eigenvalue weighted by Gasteiger charge is 2.32. The van der Waals surface area contributed by atoms with Gasteiger partial charge in [-0.05, 0) is 40.3 Å². The molecule has 3 fully saturated rings. The molecule has 0 aromatic rings. The molecule has 168 valence electrons. The Morgan fingerprint density at radius 1 is 1.03 bits per heavy atom. The molecule has 0 bridgehead atoms. The lowest BCUT2D eigenvalue weighted by molar-refractivity contribution is -0.135. The van der Waals surface area contributed by atoms with Crippen LogP contribution in [0.4, 0.5) is 0 Å². The minimum absolute atomic E-state index is 0. The minimum atomic E-state index is 0. The zero-order valence-electron chi connectivity index (χ0n) is 18.5. The molecule has 29 heavy (non-hydrogen) atoms. The van der Waals surface area contributed by atoms with E-state index in [0.29, 0.717) is 18.0 Å². The topological polar surface area (TPSA) is 63.2 Å². The van der Waals surface area contributed by atoms with E-state index < -0.39 is 0 Å². The normalized spacial score (nSPS) is 27.6. The van der Waals surface area contributed by atoms with E-state index in [2.05, 4.69) is 46.4 Å². The second-order valence-corrected chi connectivity index (χ2v) is 8.87. The number of halogens is 1. The largest absolute Gasteiger partial charge is 0.357 e. The van der Waals surface area contributed by atoms with Gasteiger partial charge in [-0.15, -0.1) is 24.0 Å². The van der Waals surface area contributed by atoms with Crippen LogP contribution in [-0.4, -0.2) is 98.6 Å². The summed E-state index contributed by atoms with van der Waals surface area (Å²) in [6, 6.07) is 0.763. The number of hydrogen-bond acceptors (Lipinski definition) is 4. The number of likely N-dealkylation sites (tertiary alicyclic amines) is 1. The molecule has 7 nitrogen and oxygen atoms in total. The van der Waals surface area contributed by atoms with E-state index in [1.54, 1.807) is 0 Å². The van der Waals surface area contributed by atoms with Gasteiger partial charge in [-0.3, -0.25) is 14.7 Å². The van der Waals surface area contributed by atoms with E-state index >= 15 is 0 Å². The summed E-state index contributed by atoms with van der Waals surface area (Å²) in [5.74, 6) is 1.55. The number of nitrogens with one attached hydrogen (secondary N) is 2. The average molecular weight is 521 g/mol. The van der Waals surface area contributed by atoms with Gasteiger partial charge < -0.3 is 20.4 Å². The molecule has 1 amide bonds. The fourth-order valence-corrected chi connectivity index (χ4v) is 4.69. The van der Waals surface area contributed by atoms with Crippen LogP contribution in [-0.2, 0) is 4.79 Å². The SMILES string of the molecule is CCNC(=NCC1CN(C)CCN1C)NC1CCN(C(=O)C2CCCCC2)C1.I. The lowest BCUT2D eigenvalue weighted by atomic mass is 9.88. The average Bonchev–Trinajstić information content (AvgIpc) is 3.17. The second kappa shape index (κ2) is 12.3. The Kier molecular flexibility index (Phi) is 10.5. The summed E-state index contributed by atoms with van der Waals surface area (Å²) < 4.78 is 0. The third-order valence-electron chi connectivity index (χ3n) is 6.58. The van der Waals surface area contributed by atoms with Crippen LogP contribution < -0.4 is 10.6 Å². The molecule has 3 aliphatic rings. The van der Waals surface area contributed by atoms with Crippen molar-refractivity contribution in [2.45, 2.75) is 57.5 Å². The number of aliphatic imine (C=N–C) groups is 1. The Hall–Kier alpha value is -0.610. The predicted molar refractivity (Wildman–Crippen MR) is 130 cm³/mol. The third kappa shape index (κ3) is 7.24. The quantitative estimate of drug-likeness (QED) is 0.328. The molecule has 0 aromatic carbocycles. The summed E-state index contributed by atoms with van der Waals surface area (Å²) in [6.45, 7) is 8.73. The summed E-state index contributed by atoms with van der Waals surface area (Å²) in [5.41, 5.74) is 0. The molecule has 2 atom stereocenters. The van der Waals surface area contributed by atoms with E-state index in [-0.39, 0.29) is 29.9 Å². The molecule has 2 N–H and O–H groups in total. The minimum Gasteiger partial charge on any atom is -0.357 e. The van der Waals surface area contributed by atoms with Gasteiger partial charge in [0.25, 0.3) is 0 Å². The molecule has 1 saturated carbocycles. The van der Waals surface area contributed by atoms with Gasteiger partial charge in [0, 0.05) is 57.3 Å². The van der Waals surface area contributed by atoms with Crippen molar-refractivity contribution in [2.24, 2.45) is 10.9 Å². The summed E-state index contributed by atoms with van der Waals surface area (Å²) in [7, 11) is 4.38. The molecule has 2 saturated heterocycles. The number of amides is 1. The molecular weight excluding hydrogens is 479 g/mol. The van der Waals surface area contributed by atoms with E-state index in [1.807, 2.05) is 0 Å². The lowest BCUT2D eigenvalue weighted by Gasteiger charge is -2.37. The highest BCUT2D eigenvalue weighted by molar-refractivity contribution is 14.0. The summed E-state index contributed by atoms with van der Waals surface area (Å²) in [6.07, 6.45) is 6.90. The van der Waals surface area contributed by atoms with Crippen molar-refractivity contribution in [2.75, 3.05) is 59.9 Å². The van der Waals surface area contributed by atoms with Gasteiger partial charge in [0.05, 0.1) is 6.54 Å². The Morgan fingerprint density at radius 3 is 2.52 bits per heavy atom. The van der Waals surface area contributed by atoms with Gasteiger partial charge >= 0.3 is 0 Å². The summed E-state index contributed by atoms with van der Waals surface area (Å²) >= 11 is 0. The summed E-state index contributed by atoms with van der Waals surface area (Å²) in [4.78, 5) is 24.5. The predicted octanol–water partition coefficient (Wildman–Crippen LogP) is 1.59. The first-order valence-corrected chi connectivity index (χ1v) is 11.3. The van der Waals surface area contributed by atoms with Crippen molar-refractivity contribution in [3.8, 4) is 0 Å². The molecule has 8 heteroatoms. The van der Waals surface area contributed by atoms with Crippen LogP contribution in [0.5, 0.6) is 0 Å². The molecule has 1 aliphatic carbocycles. The van der Waals surface area contributed by atoms with Crippen LogP contribution in [0.1, 0.15) is 45.4 Å². The Morgan fingerprint density at radius 2 is 1.79 bits per heavy atom. The van der Waals surface area contributed by atoms with Gasteiger partial charge in [-0.1, -0.05) is 19.3 Å². The molecular formula is C21H41IN6O. The highest BCUT2D eigenvalue weighted by Crippen LogP contribution is 2.26. The molecule has 3 rings (SSSR count). The van der Waals surface area contributed by atoms with Crippen LogP contribution in [0.2, 0.25) is 0 Å². The Labute approximate surface area is 194 Å². The number of likely N-dealkylation sites (N-methyl/N-ethyl adjacent to an activating group) is 2. The van der Waals surface area contributed by atoms with E-state index in [1.165, 1.54) is 19.3 Å². The first-order chi connectivity index (χ1) is 13.6. The van der Waals surface area contributed by atoms with Crippen molar-refractivity contribution in [1.29, 1.82) is 0 Å². The standard InChI is InChI=1S/C21H40N6O.HI/c1-4-22-21(23-14-19-16-25(2)12-13-26(19)3)24-18-10-11-27(15-18)20(28)17-8-6-5-7-9-17;/h17-19H,4-16H2,1-3H3,(H2,22,23,24);1H. The van der Waals surface area contributed by atoms with Crippen molar-refractivity contribution < 1.29 is 4.79 Å². The maximum atomic E-state index is 12.8. The fraction of sp³-hybridized carbons (Fsp3) is 0.905. The second-order valence-electron chi connectivity index (χ2n) is 8.87. The molecule has 0 aromatic heterocycles. The molecule has 2 aliphatic heterocycles. The first-order valence-electron chi connectivity index (χ1n) is 11.3. The first kappa shape index (κ1) is 24.7. The highest BCUT2D eigenvalue weighted by atomic mass is 127. The van der Waals surface area contributed by atoms with Crippen molar-refractivity contribution in [3.05, 3.63) is 0 Å². The Bertz CT molecular complexity index is 539. The number of piperazine rings is 1. The van der Waals surface area contributed by atoms with Gasteiger partial charge in [0.1, 0.15) is 0 Å². The maximum absolute atomic E-state index is 12.8. The zero-order valence-corrected chi connectivity index (χ0v) is 20.9. The van der Waals surface area contributed by atoms with Crippen LogP contribution in [0, 0.1) is 5.92 Å². The van der Waals surface area contributed by atoms with Gasteiger partial charge in [-0.25, -0.2) is 0 Å². The molecule has 0 spiro atoms. The van der Waals surface area contributed by atoms with Crippen LogP contribution in [0.25, 0.3) is 0 Å². The van der Waals surface area contributed by atoms with Crippen molar-refractivity contribution in [3.63, 3.8) is 0 Å². The summed E-state index contributed by atoms with van der Waals surface area (Å²) in [5, 5.41) is 6.97. The Balaban J connectivity index is 0.00000300. The van der Waals surface area contributed by atoms with E-state index in [0.717, 1.165) is 71.0 Å². The fourth-order valence-electron chi connectivity index (χ4n) is 4.69. The van der Waals surface area contributed by atoms with Gasteiger partial charge in [0.15, 0.2) is 5.96 Å². The van der Waals surface area contributed by atoms with Gasteiger partial charge in [0.2, 0.25) is 5.91 Å². The number of nitrogens with zero attached hydrogens (tertiary/aromatic N) is 4. The smallest absolute Gasteiger partial charge is 0.225 e. The third-order valence-corrected chi connectivity index (χ3v) is 6.58. The lowest BCUT2D eigenvalue weighted by Crippen LogP contribution is -2.52. The van der Waals surface area contributed by atoms with E-state index in [9.17, 15) is 4.79 Å². The number of carbonyl (C=O) groups excluding carboxylic acids is 1. The van der Waals surface area contributed by atoms with Crippen LogP contribution in [0.15, 0.2) is 4.99 Å². The zero-order chi connectivity index (χ0) is 19.9. The van der Waals surface area contributed by atoms with Gasteiger partial charge in [-0.2, -0.15) is 0 Å². The number of rotatable bonds is 5. The number of hydrogen-bond donors (Lipinski definition) is 2. The van der Waals surface area contributed by atoms with E-state index in [4.69, 9.17) is 4.99 Å². The van der Waals surface area contributed by atoms with Crippen LogP contribution >= 0.6 is 24.0 Å². The number of carbonyl (C=O) groups is 1. The monoisotopic (exact) mass is 520 g/mol. The molecule has 0 radical (unpaired) electrons. The van der Waals surface area contributed by atoms with Crippen molar-refractivity contribution >= 4 is 35.8 Å². The molecule has 2 unspecified atom stereocenters.